The smallest absolute Gasteiger partial charge is 0.355 e. The Balaban J connectivity index is 2.41. The maximum Gasteiger partial charge on any atom is 0.355 e. The number of hydrogen-bond acceptors (Lipinski definition) is 5. The third-order valence-electron chi connectivity index (χ3n) is 2.15. The Morgan fingerprint density at radius 1 is 1.41 bits per heavy atom. The number of nitrogens with zero attached hydrogens (tertiary/aromatic N) is 2. The lowest BCUT2D eigenvalue weighted by Crippen LogP contribution is -2.11. The molecule has 0 saturated heterocycles. The molecule has 6 heteroatoms. The summed E-state index contributed by atoms with van der Waals surface area (Å²) < 4.78 is 10.2. The van der Waals surface area contributed by atoms with Gasteiger partial charge in [-0.2, -0.15) is 0 Å². The van der Waals surface area contributed by atoms with Crippen molar-refractivity contribution < 1.29 is 14.3 Å². The number of fused-ring (bicyclic) bond motifs is 1. The molecule has 1 N–H and O–H groups in total. The van der Waals surface area contributed by atoms with E-state index >= 15 is 0 Å². The van der Waals surface area contributed by atoms with Crippen LogP contribution in [-0.4, -0.2) is 34.1 Å². The van der Waals surface area contributed by atoms with E-state index in [9.17, 15) is 4.79 Å². The third kappa shape index (κ3) is 2.20. The van der Waals surface area contributed by atoms with Crippen LogP contribution in [0.5, 0.6) is 5.88 Å². The highest BCUT2D eigenvalue weighted by atomic mass is 16.5. The zero-order valence-corrected chi connectivity index (χ0v) is 9.85. The molecule has 6 nitrogen and oxygen atoms in total. The van der Waals surface area contributed by atoms with Gasteiger partial charge in [-0.05, 0) is 19.9 Å². The molecule has 0 amide bonds. The normalized spacial score (nSPS) is 10.8. The van der Waals surface area contributed by atoms with E-state index in [1.54, 1.807) is 19.9 Å². The highest BCUT2D eigenvalue weighted by Crippen LogP contribution is 2.22. The topological polar surface area (TPSA) is 77.1 Å². The summed E-state index contributed by atoms with van der Waals surface area (Å²) in [7, 11) is 1.51. The molecular formula is C11H13N3O3. The van der Waals surface area contributed by atoms with Gasteiger partial charge in [-0.25, -0.2) is 14.8 Å². The molecule has 0 unspecified atom stereocenters. The summed E-state index contributed by atoms with van der Waals surface area (Å²) in [5.74, 6) is 0.00917. The van der Waals surface area contributed by atoms with E-state index in [0.29, 0.717) is 22.6 Å². The second kappa shape index (κ2) is 4.40. The van der Waals surface area contributed by atoms with Gasteiger partial charge in [-0.3, -0.25) is 0 Å². The fraction of sp³-hybridized carbons (Fsp3) is 0.364. The zero-order valence-electron chi connectivity index (χ0n) is 9.85. The van der Waals surface area contributed by atoms with Crippen LogP contribution in [0, 0.1) is 0 Å². The van der Waals surface area contributed by atoms with Gasteiger partial charge in [0.2, 0.25) is 5.88 Å². The Hall–Kier alpha value is -2.11. The minimum Gasteiger partial charge on any atom is -0.480 e. The molecule has 0 bridgehead atoms. The van der Waals surface area contributed by atoms with Gasteiger partial charge >= 0.3 is 5.97 Å². The standard InChI is InChI=1S/C11H13N3O3/c1-6(2)17-11(15)8-4-7-9(14-8)12-5-13-10(7)16-3/h4-6H,1-3H3,(H,12,13,14). The molecule has 2 rings (SSSR count). The van der Waals surface area contributed by atoms with Crippen molar-refractivity contribution in [1.29, 1.82) is 0 Å². The number of ether oxygens (including phenoxy) is 2. The van der Waals surface area contributed by atoms with Crippen molar-refractivity contribution in [3.63, 3.8) is 0 Å². The number of H-pyrrole nitrogens is 1. The zero-order chi connectivity index (χ0) is 12.4. The summed E-state index contributed by atoms with van der Waals surface area (Å²) in [6.45, 7) is 3.59. The number of aromatic nitrogens is 3. The van der Waals surface area contributed by atoms with Gasteiger partial charge in [0, 0.05) is 0 Å². The summed E-state index contributed by atoms with van der Waals surface area (Å²) in [5.41, 5.74) is 0.889. The summed E-state index contributed by atoms with van der Waals surface area (Å²) >= 11 is 0. The molecule has 2 aromatic rings. The van der Waals surface area contributed by atoms with Gasteiger partial charge < -0.3 is 14.5 Å². The SMILES string of the molecule is COc1ncnc2[nH]c(C(=O)OC(C)C)cc12. The molecule has 0 atom stereocenters. The number of carbonyl (C=O) groups is 1. The van der Waals surface area contributed by atoms with Crippen LogP contribution >= 0.6 is 0 Å². The van der Waals surface area contributed by atoms with Gasteiger partial charge in [-0.1, -0.05) is 0 Å². The molecule has 17 heavy (non-hydrogen) atoms. The predicted octanol–water partition coefficient (Wildman–Crippen LogP) is 1.53. The van der Waals surface area contributed by atoms with Crippen LogP contribution in [0.1, 0.15) is 24.3 Å². The average molecular weight is 235 g/mol. The lowest BCUT2D eigenvalue weighted by atomic mass is 10.3. The minimum absolute atomic E-state index is 0.165. The van der Waals surface area contributed by atoms with E-state index in [1.165, 1.54) is 13.4 Å². The molecule has 0 aliphatic rings. The largest absolute Gasteiger partial charge is 0.480 e. The van der Waals surface area contributed by atoms with E-state index < -0.39 is 5.97 Å². The number of methoxy groups -OCH3 is 1. The summed E-state index contributed by atoms with van der Waals surface area (Å²) in [4.78, 5) is 22.5. The highest BCUT2D eigenvalue weighted by molar-refractivity contribution is 5.95. The average Bonchev–Trinajstić information content (AvgIpc) is 2.71. The minimum atomic E-state index is -0.417. The van der Waals surface area contributed by atoms with Crippen LogP contribution in [0.4, 0.5) is 0 Å². The van der Waals surface area contributed by atoms with E-state index in [-0.39, 0.29) is 6.10 Å². The number of esters is 1. The van der Waals surface area contributed by atoms with E-state index in [0.717, 1.165) is 0 Å². The molecule has 0 saturated carbocycles. The second-order valence-electron chi connectivity index (χ2n) is 3.78. The number of carbonyl (C=O) groups excluding carboxylic acids is 1. The monoisotopic (exact) mass is 235 g/mol. The van der Waals surface area contributed by atoms with Gasteiger partial charge in [0.25, 0.3) is 0 Å². The van der Waals surface area contributed by atoms with Crippen molar-refractivity contribution in [2.75, 3.05) is 7.11 Å². The summed E-state index contributed by atoms with van der Waals surface area (Å²) in [5, 5.41) is 0.658. The Morgan fingerprint density at radius 3 is 2.82 bits per heavy atom. The van der Waals surface area contributed by atoms with Crippen molar-refractivity contribution in [1.82, 2.24) is 15.0 Å². The number of hydrogen-bond donors (Lipinski definition) is 1. The first-order valence-electron chi connectivity index (χ1n) is 5.20. The van der Waals surface area contributed by atoms with Crippen molar-refractivity contribution in [2.45, 2.75) is 20.0 Å². The summed E-state index contributed by atoms with van der Waals surface area (Å²) in [6.07, 6.45) is 1.21. The van der Waals surface area contributed by atoms with Crippen molar-refractivity contribution in [3.8, 4) is 5.88 Å². The van der Waals surface area contributed by atoms with Crippen LogP contribution in [0.15, 0.2) is 12.4 Å². The molecule has 0 fully saturated rings. The molecule has 90 valence electrons. The molecule has 0 aliphatic heterocycles. The molecule has 0 aromatic carbocycles. The molecule has 0 spiro atoms. The molecule has 0 radical (unpaired) electrons. The Morgan fingerprint density at radius 2 is 2.18 bits per heavy atom. The van der Waals surface area contributed by atoms with Gasteiger partial charge in [-0.15, -0.1) is 0 Å². The van der Waals surface area contributed by atoms with E-state index in [4.69, 9.17) is 9.47 Å². The predicted molar refractivity (Wildman–Crippen MR) is 61.0 cm³/mol. The van der Waals surface area contributed by atoms with Gasteiger partial charge in [0.05, 0.1) is 18.6 Å². The van der Waals surface area contributed by atoms with Crippen LogP contribution < -0.4 is 4.74 Å². The van der Waals surface area contributed by atoms with Crippen molar-refractivity contribution >= 4 is 17.0 Å². The molecule has 2 heterocycles. The third-order valence-corrected chi connectivity index (χ3v) is 2.15. The number of aromatic amines is 1. The molecule has 0 aliphatic carbocycles. The van der Waals surface area contributed by atoms with Gasteiger partial charge in [0.1, 0.15) is 17.7 Å². The van der Waals surface area contributed by atoms with Gasteiger partial charge in [0.15, 0.2) is 0 Å². The Labute approximate surface area is 98.0 Å². The first kappa shape index (κ1) is 11.4. The first-order valence-corrected chi connectivity index (χ1v) is 5.20. The van der Waals surface area contributed by atoms with E-state index in [2.05, 4.69) is 15.0 Å². The van der Waals surface area contributed by atoms with Crippen molar-refractivity contribution in [3.05, 3.63) is 18.1 Å². The first-order chi connectivity index (χ1) is 8.11. The fourth-order valence-corrected chi connectivity index (χ4v) is 1.47. The Kier molecular flexibility index (Phi) is 2.95. The maximum absolute atomic E-state index is 11.7. The van der Waals surface area contributed by atoms with Crippen molar-refractivity contribution in [2.24, 2.45) is 0 Å². The number of nitrogens with one attached hydrogen (secondary N) is 1. The lowest BCUT2D eigenvalue weighted by Gasteiger charge is -2.05. The molecule has 2 aromatic heterocycles. The second-order valence-corrected chi connectivity index (χ2v) is 3.78. The van der Waals surface area contributed by atoms with Crippen LogP contribution in [0.3, 0.4) is 0 Å². The number of rotatable bonds is 3. The van der Waals surface area contributed by atoms with E-state index in [1.807, 2.05) is 0 Å². The Bertz CT molecular complexity index is 548. The quantitative estimate of drug-likeness (QED) is 0.816. The maximum atomic E-state index is 11.7. The lowest BCUT2D eigenvalue weighted by molar-refractivity contribution is 0.0372. The van der Waals surface area contributed by atoms with Crippen LogP contribution in [-0.2, 0) is 4.74 Å². The summed E-state index contributed by atoms with van der Waals surface area (Å²) in [6, 6.07) is 1.62. The van der Waals surface area contributed by atoms with Crippen LogP contribution in [0.2, 0.25) is 0 Å². The molecular weight excluding hydrogens is 222 g/mol. The highest BCUT2D eigenvalue weighted by Gasteiger charge is 2.15. The van der Waals surface area contributed by atoms with Crippen LogP contribution in [0.25, 0.3) is 11.0 Å². The fourth-order valence-electron chi connectivity index (χ4n) is 1.47.